The molecule has 5 heterocycles. The average Bonchev–Trinajstić information content (AvgIpc) is 3.78. The first-order valence-corrected chi connectivity index (χ1v) is 19.5. The lowest BCUT2D eigenvalue weighted by Crippen LogP contribution is -2.31. The quantitative estimate of drug-likeness (QED) is 0.172. The average molecular weight is 720 g/mol. The standard InChI is InChI=1S/C51H37N5/c1-2-16-38(17-3-1)51(48-23-8-9-28-54-48)43-21-6-4-19-40(43)41-24-25-47-49(50(41)51)42-20-5-7-22-46(42)56(47)39-18-10-13-34(29-39)44-30-37(35-14-11-26-52-32-35)31-45(55-44)36-15-12-27-53-33-36/h1-4,6-19,21-23,26-33H,5,20,24-25H2. The summed E-state index contributed by atoms with van der Waals surface area (Å²) in [6, 6.07) is 47.9. The minimum absolute atomic E-state index is 0.550. The number of hydrogen-bond donors (Lipinski definition) is 0. The van der Waals surface area contributed by atoms with Gasteiger partial charge in [-0.25, -0.2) is 4.98 Å². The van der Waals surface area contributed by atoms with Crippen LogP contribution < -0.4 is 0 Å². The first kappa shape index (κ1) is 32.5. The van der Waals surface area contributed by atoms with Gasteiger partial charge in [-0.05, 0) is 125 Å². The predicted octanol–water partition coefficient (Wildman–Crippen LogP) is 11.2. The molecule has 3 aromatic carbocycles. The van der Waals surface area contributed by atoms with Crippen LogP contribution in [0.25, 0.3) is 56.6 Å². The highest BCUT2D eigenvalue weighted by atomic mass is 15.0. The first-order valence-electron chi connectivity index (χ1n) is 19.5. The fourth-order valence-corrected chi connectivity index (χ4v) is 9.61. The van der Waals surface area contributed by atoms with E-state index in [4.69, 9.17) is 9.97 Å². The summed E-state index contributed by atoms with van der Waals surface area (Å²) < 4.78 is 2.55. The topological polar surface area (TPSA) is 56.5 Å². The van der Waals surface area contributed by atoms with Crippen molar-refractivity contribution in [1.82, 2.24) is 24.5 Å². The summed E-state index contributed by atoms with van der Waals surface area (Å²) in [6.45, 7) is 0. The van der Waals surface area contributed by atoms with E-state index in [9.17, 15) is 0 Å². The lowest BCUT2D eigenvalue weighted by molar-refractivity contribution is 0.767. The summed E-state index contributed by atoms with van der Waals surface area (Å²) >= 11 is 0. The Hall–Kier alpha value is -6.98. The maximum Gasteiger partial charge on any atom is 0.0889 e. The van der Waals surface area contributed by atoms with E-state index in [0.717, 1.165) is 70.7 Å². The van der Waals surface area contributed by atoms with E-state index in [2.05, 4.69) is 142 Å². The van der Waals surface area contributed by atoms with E-state index in [1.165, 1.54) is 50.4 Å². The first-order chi connectivity index (χ1) is 27.8. The van der Waals surface area contributed by atoms with Crippen molar-refractivity contribution in [1.29, 1.82) is 0 Å². The second kappa shape index (κ2) is 13.1. The van der Waals surface area contributed by atoms with Gasteiger partial charge in [0.25, 0.3) is 0 Å². The second-order valence-corrected chi connectivity index (χ2v) is 14.9. The van der Waals surface area contributed by atoms with Crippen molar-refractivity contribution in [2.24, 2.45) is 0 Å². The van der Waals surface area contributed by atoms with E-state index in [0.29, 0.717) is 0 Å². The van der Waals surface area contributed by atoms with Crippen molar-refractivity contribution in [3.63, 3.8) is 0 Å². The number of nitrogens with zero attached hydrogens (tertiary/aromatic N) is 5. The normalized spacial score (nSPS) is 16.6. The number of pyridine rings is 4. The Kier molecular flexibility index (Phi) is 7.59. The minimum Gasteiger partial charge on any atom is -0.313 e. The summed E-state index contributed by atoms with van der Waals surface area (Å²) in [5.41, 5.74) is 19.9. The Labute approximate surface area is 326 Å². The van der Waals surface area contributed by atoms with E-state index in [1.54, 1.807) is 6.20 Å². The fourth-order valence-electron chi connectivity index (χ4n) is 9.61. The molecule has 0 N–H and O–H groups in total. The van der Waals surface area contributed by atoms with Gasteiger partial charge < -0.3 is 4.57 Å². The van der Waals surface area contributed by atoms with Gasteiger partial charge in [0, 0.05) is 70.3 Å². The van der Waals surface area contributed by atoms with Crippen LogP contribution in [0.3, 0.4) is 0 Å². The van der Waals surface area contributed by atoms with Crippen LogP contribution in [-0.4, -0.2) is 24.5 Å². The molecule has 1 atom stereocenters. The number of aromatic nitrogens is 5. The Morgan fingerprint density at radius 2 is 1.36 bits per heavy atom. The van der Waals surface area contributed by atoms with E-state index in [-0.39, 0.29) is 0 Å². The van der Waals surface area contributed by atoms with Crippen molar-refractivity contribution in [2.45, 2.75) is 31.1 Å². The molecule has 0 amide bonds. The number of rotatable bonds is 6. The third-order valence-electron chi connectivity index (χ3n) is 11.9. The maximum atomic E-state index is 5.25. The third-order valence-corrected chi connectivity index (χ3v) is 11.9. The molecule has 0 saturated carbocycles. The van der Waals surface area contributed by atoms with Gasteiger partial charge in [0.05, 0.1) is 22.5 Å². The number of benzene rings is 3. The Balaban J connectivity index is 1.14. The molecule has 0 aliphatic heterocycles. The van der Waals surface area contributed by atoms with Crippen molar-refractivity contribution in [3.8, 4) is 39.3 Å². The molecule has 0 spiro atoms. The van der Waals surface area contributed by atoms with E-state index < -0.39 is 5.41 Å². The molecule has 5 heteroatoms. The number of hydrogen-bond acceptors (Lipinski definition) is 4. The molecule has 266 valence electrons. The molecule has 5 nitrogen and oxygen atoms in total. The summed E-state index contributed by atoms with van der Waals surface area (Å²) in [6.07, 6.45) is 18.0. The zero-order chi connectivity index (χ0) is 37.1. The van der Waals surface area contributed by atoms with Gasteiger partial charge in [-0.2, -0.15) is 0 Å². The second-order valence-electron chi connectivity index (χ2n) is 14.9. The minimum atomic E-state index is -0.550. The highest BCUT2D eigenvalue weighted by molar-refractivity contribution is 6.08. The van der Waals surface area contributed by atoms with E-state index in [1.807, 2.05) is 43.0 Å². The van der Waals surface area contributed by atoms with Crippen LogP contribution in [0, 0.1) is 0 Å². The van der Waals surface area contributed by atoms with Crippen molar-refractivity contribution < 1.29 is 0 Å². The van der Waals surface area contributed by atoms with Crippen LogP contribution >= 0.6 is 0 Å². The zero-order valence-electron chi connectivity index (χ0n) is 30.8. The highest BCUT2D eigenvalue weighted by Gasteiger charge is 2.52. The molecule has 8 aromatic rings. The van der Waals surface area contributed by atoms with Crippen LogP contribution in [-0.2, 0) is 18.3 Å². The third kappa shape index (κ3) is 4.94. The van der Waals surface area contributed by atoms with Gasteiger partial charge in [-0.3, -0.25) is 15.0 Å². The zero-order valence-corrected chi connectivity index (χ0v) is 30.8. The molecular formula is C51H37N5. The van der Waals surface area contributed by atoms with Gasteiger partial charge in [0.2, 0.25) is 0 Å². The van der Waals surface area contributed by atoms with Crippen LogP contribution in [0.5, 0.6) is 0 Å². The number of fused-ring (bicyclic) bond motifs is 6. The smallest absolute Gasteiger partial charge is 0.0889 e. The molecule has 5 aromatic heterocycles. The summed E-state index contributed by atoms with van der Waals surface area (Å²) in [4.78, 5) is 19.3. The van der Waals surface area contributed by atoms with Gasteiger partial charge in [-0.1, -0.05) is 84.9 Å². The summed E-state index contributed by atoms with van der Waals surface area (Å²) in [7, 11) is 0. The molecule has 11 rings (SSSR count). The summed E-state index contributed by atoms with van der Waals surface area (Å²) in [5.74, 6) is 0. The van der Waals surface area contributed by atoms with Gasteiger partial charge >= 0.3 is 0 Å². The Morgan fingerprint density at radius 3 is 2.16 bits per heavy atom. The largest absolute Gasteiger partial charge is 0.313 e. The molecule has 3 aliphatic rings. The molecule has 3 aliphatic carbocycles. The van der Waals surface area contributed by atoms with Crippen molar-refractivity contribution >= 4 is 17.2 Å². The van der Waals surface area contributed by atoms with Crippen LogP contribution in [0.4, 0.5) is 0 Å². The van der Waals surface area contributed by atoms with Gasteiger partial charge in [0.15, 0.2) is 0 Å². The van der Waals surface area contributed by atoms with Crippen molar-refractivity contribution in [2.75, 3.05) is 0 Å². The van der Waals surface area contributed by atoms with Crippen LogP contribution in [0.15, 0.2) is 171 Å². The van der Waals surface area contributed by atoms with Crippen molar-refractivity contribution in [3.05, 3.63) is 215 Å². The molecule has 0 radical (unpaired) electrons. The van der Waals surface area contributed by atoms with Crippen LogP contribution in [0.1, 0.15) is 57.7 Å². The lowest BCUT2D eigenvalue weighted by Gasteiger charge is -2.36. The Morgan fingerprint density at radius 1 is 0.589 bits per heavy atom. The fraction of sp³-hybridized carbons (Fsp3) is 0.0980. The SMILES string of the molecule is C1=Cc2c(c3c(n2-c2cccc(-c4cc(-c5cccnc5)cc(-c5cccnc5)n4)c2)CCC2=C3C(c3ccccc3)(c3ccccn3)c3ccccc32)CC1. The molecule has 0 fully saturated rings. The molecule has 0 bridgehead atoms. The predicted molar refractivity (Wildman–Crippen MR) is 225 cm³/mol. The summed E-state index contributed by atoms with van der Waals surface area (Å²) in [5, 5.41) is 0. The van der Waals surface area contributed by atoms with Crippen LogP contribution in [0.2, 0.25) is 0 Å². The molecule has 0 saturated heterocycles. The monoisotopic (exact) mass is 719 g/mol. The maximum absolute atomic E-state index is 5.25. The lowest BCUT2D eigenvalue weighted by atomic mass is 9.65. The number of allylic oxidation sites excluding steroid dienone is 3. The molecule has 1 unspecified atom stereocenters. The van der Waals surface area contributed by atoms with Gasteiger partial charge in [0.1, 0.15) is 0 Å². The Bertz CT molecular complexity index is 2740. The van der Waals surface area contributed by atoms with E-state index >= 15 is 0 Å². The molecular weight excluding hydrogens is 683 g/mol. The highest BCUT2D eigenvalue weighted by Crippen LogP contribution is 2.62. The van der Waals surface area contributed by atoms with Gasteiger partial charge in [-0.15, -0.1) is 0 Å². The molecule has 56 heavy (non-hydrogen) atoms.